The average Bonchev–Trinajstić information content (AvgIpc) is 2.47. The van der Waals surface area contributed by atoms with Gasteiger partial charge in [-0.05, 0) is 60.7 Å². The van der Waals surface area contributed by atoms with Crippen LogP contribution in [0.25, 0.3) is 0 Å². The van der Waals surface area contributed by atoms with Crippen LogP contribution in [0.2, 0.25) is 0 Å². The third-order valence-electron chi connectivity index (χ3n) is 3.70. The van der Waals surface area contributed by atoms with E-state index in [2.05, 4.69) is 0 Å². The Morgan fingerprint density at radius 1 is 0.850 bits per heavy atom. The van der Waals surface area contributed by atoms with Gasteiger partial charge in [0.2, 0.25) is 5.78 Å². The molecule has 4 atom stereocenters. The molecule has 2 heterocycles. The maximum atomic E-state index is 12.6. The van der Waals surface area contributed by atoms with Crippen LogP contribution >= 0.6 is 0 Å². The second-order valence-corrected chi connectivity index (χ2v) is 7.17. The Morgan fingerprint density at radius 2 is 1.25 bits per heavy atom. The van der Waals surface area contributed by atoms with Crippen molar-refractivity contribution >= 4 is 27.9 Å². The highest BCUT2D eigenvalue weighted by molar-refractivity contribution is 7.83. The monoisotopic (exact) mass is 324 g/mol. The fraction of sp³-hybridized carbons (Fsp3) is 0.909. The molecule has 116 valence electrons. The van der Waals surface area contributed by atoms with Gasteiger partial charge in [0, 0.05) is 13.2 Å². The summed E-state index contributed by atoms with van der Waals surface area (Å²) < 4.78 is 56.5. The second kappa shape index (κ2) is 6.29. The summed E-state index contributed by atoms with van der Waals surface area (Å²) >= 11 is -5.72. The fourth-order valence-electron chi connectivity index (χ4n) is 2.60. The molecule has 2 rings (SSSR count). The lowest BCUT2D eigenvalue weighted by Crippen LogP contribution is -2.61. The quantitative estimate of drug-likeness (QED) is 0.674. The van der Waals surface area contributed by atoms with Crippen LogP contribution in [0.5, 0.6) is 0 Å². The summed E-state index contributed by atoms with van der Waals surface area (Å²) in [4.78, 5) is 8.44. The zero-order valence-corrected chi connectivity index (χ0v) is 12.5. The number of ketones is 1. The predicted molar refractivity (Wildman–Crippen MR) is 67.9 cm³/mol. The summed E-state index contributed by atoms with van der Waals surface area (Å²) in [5.74, 6) is -1.01. The Labute approximate surface area is 122 Å². The van der Waals surface area contributed by atoms with Gasteiger partial charge in [0.25, 0.3) is 0 Å². The minimum absolute atomic E-state index is 0.0374. The van der Waals surface area contributed by atoms with Crippen molar-refractivity contribution in [2.75, 3.05) is 13.2 Å². The molecular weight excluding hydrogens is 308 g/mol. The van der Waals surface area contributed by atoms with Crippen LogP contribution in [-0.2, 0) is 36.4 Å². The molecule has 0 spiro atoms. The van der Waals surface area contributed by atoms with Crippen LogP contribution in [0.4, 0.5) is 0 Å². The van der Waals surface area contributed by atoms with Gasteiger partial charge in [0.1, 0.15) is 0 Å². The lowest BCUT2D eigenvalue weighted by molar-refractivity contribution is -0.158. The van der Waals surface area contributed by atoms with Crippen LogP contribution in [0.3, 0.4) is 0 Å². The Balaban J connectivity index is 2.38. The molecule has 0 N–H and O–H groups in total. The van der Waals surface area contributed by atoms with E-state index in [0.29, 0.717) is 25.7 Å². The molecule has 0 aromatic rings. The molecule has 0 amide bonds. The molecule has 0 aromatic carbocycles. The SMILES string of the molecule is O=C(C1(S(=O)[O-])CCCCO1)C1(S(=O)[O-])CCCCO1. The highest BCUT2D eigenvalue weighted by atomic mass is 32.2. The van der Waals surface area contributed by atoms with Gasteiger partial charge in [-0.2, -0.15) is 0 Å². The third kappa shape index (κ3) is 2.62. The number of hydrogen-bond donors (Lipinski definition) is 0. The first kappa shape index (κ1) is 16.2. The Hall–Kier alpha value is -0.190. The first-order valence-corrected chi connectivity index (χ1v) is 8.62. The van der Waals surface area contributed by atoms with Crippen molar-refractivity contribution < 1.29 is 31.8 Å². The van der Waals surface area contributed by atoms with Gasteiger partial charge in [-0.25, -0.2) is 0 Å². The van der Waals surface area contributed by atoms with Crippen molar-refractivity contribution in [1.29, 1.82) is 0 Å². The fourth-order valence-corrected chi connectivity index (χ4v) is 4.28. The smallest absolute Gasteiger partial charge is 0.219 e. The minimum Gasteiger partial charge on any atom is -0.770 e. The number of Topliss-reactive ketones (excluding diaryl/α,β-unsaturated/α-hetero) is 1. The summed E-state index contributed by atoms with van der Waals surface area (Å²) in [6.45, 7) is 0.225. The Bertz CT molecular complexity index is 386. The molecule has 0 aromatic heterocycles. The van der Waals surface area contributed by atoms with Gasteiger partial charge in [-0.15, -0.1) is 0 Å². The maximum Gasteiger partial charge on any atom is 0.219 e. The molecule has 2 saturated heterocycles. The van der Waals surface area contributed by atoms with Crippen molar-refractivity contribution in [3.8, 4) is 0 Å². The Morgan fingerprint density at radius 3 is 1.50 bits per heavy atom. The van der Waals surface area contributed by atoms with E-state index in [-0.39, 0.29) is 26.1 Å². The number of carbonyl (C=O) groups is 1. The van der Waals surface area contributed by atoms with Crippen molar-refractivity contribution in [2.45, 2.75) is 48.4 Å². The summed E-state index contributed by atoms with van der Waals surface area (Å²) in [5.41, 5.74) is 0. The molecule has 9 heteroatoms. The predicted octanol–water partition coefficient (Wildman–Crippen LogP) is 0.107. The van der Waals surface area contributed by atoms with Crippen molar-refractivity contribution in [3.05, 3.63) is 0 Å². The summed E-state index contributed by atoms with van der Waals surface area (Å²) in [7, 11) is 0. The summed E-state index contributed by atoms with van der Waals surface area (Å²) in [5, 5.41) is 0. The molecule has 0 aliphatic carbocycles. The summed E-state index contributed by atoms with van der Waals surface area (Å²) in [6, 6.07) is 0. The minimum atomic E-state index is -2.86. The van der Waals surface area contributed by atoms with E-state index in [1.54, 1.807) is 0 Å². The first-order chi connectivity index (χ1) is 9.46. The van der Waals surface area contributed by atoms with Crippen molar-refractivity contribution in [3.63, 3.8) is 0 Å². The lowest BCUT2D eigenvalue weighted by atomic mass is 9.96. The number of rotatable bonds is 4. The third-order valence-corrected chi connectivity index (χ3v) is 5.79. The molecule has 0 radical (unpaired) electrons. The largest absolute Gasteiger partial charge is 0.770 e. The highest BCUT2D eigenvalue weighted by Gasteiger charge is 2.55. The topological polar surface area (TPSA) is 116 Å². The molecule has 20 heavy (non-hydrogen) atoms. The Kier molecular flexibility index (Phi) is 5.09. The first-order valence-electron chi connectivity index (χ1n) is 6.47. The molecule has 0 bridgehead atoms. The molecule has 2 aliphatic heterocycles. The van der Waals surface area contributed by atoms with E-state index in [9.17, 15) is 22.3 Å². The average molecular weight is 324 g/mol. The van der Waals surface area contributed by atoms with Gasteiger partial charge in [0.05, 0.1) is 0 Å². The van der Waals surface area contributed by atoms with E-state index in [4.69, 9.17) is 9.47 Å². The summed E-state index contributed by atoms with van der Waals surface area (Å²) in [6.07, 6.45) is 2.18. The number of hydrogen-bond acceptors (Lipinski definition) is 7. The molecule has 2 aliphatic rings. The maximum absolute atomic E-state index is 12.6. The van der Waals surface area contributed by atoms with Gasteiger partial charge in [0.15, 0.2) is 9.87 Å². The van der Waals surface area contributed by atoms with E-state index in [1.807, 2.05) is 0 Å². The number of ether oxygens (including phenoxy) is 2. The van der Waals surface area contributed by atoms with E-state index < -0.39 is 37.8 Å². The van der Waals surface area contributed by atoms with Gasteiger partial charge in [-0.3, -0.25) is 13.2 Å². The van der Waals surface area contributed by atoms with E-state index in [0.717, 1.165) is 0 Å². The van der Waals surface area contributed by atoms with Crippen LogP contribution in [0.1, 0.15) is 38.5 Å². The zero-order valence-electron chi connectivity index (χ0n) is 10.8. The highest BCUT2D eigenvalue weighted by Crippen LogP contribution is 2.38. The van der Waals surface area contributed by atoms with Crippen LogP contribution in [-0.4, -0.2) is 46.4 Å². The van der Waals surface area contributed by atoms with E-state index in [1.165, 1.54) is 0 Å². The van der Waals surface area contributed by atoms with Gasteiger partial charge < -0.3 is 18.6 Å². The van der Waals surface area contributed by atoms with Crippen LogP contribution in [0, 0.1) is 0 Å². The molecule has 2 fully saturated rings. The number of carbonyl (C=O) groups excluding carboxylic acids is 1. The van der Waals surface area contributed by atoms with Crippen molar-refractivity contribution in [2.24, 2.45) is 0 Å². The molecule has 4 unspecified atom stereocenters. The van der Waals surface area contributed by atoms with Crippen LogP contribution in [0.15, 0.2) is 0 Å². The standard InChI is InChI=1S/C11H18O7S2/c12-9(10(19(13)14)5-1-3-7-17-10)11(20(15)16)6-2-4-8-18-11/h1-8H2,(H,13,14)(H,15,16)/p-2. The molecule has 0 saturated carbocycles. The zero-order chi connectivity index (χ0) is 14.8. The lowest BCUT2D eigenvalue weighted by Gasteiger charge is -2.45. The normalized spacial score (nSPS) is 38.1. The van der Waals surface area contributed by atoms with Gasteiger partial charge >= 0.3 is 0 Å². The van der Waals surface area contributed by atoms with Gasteiger partial charge in [-0.1, -0.05) is 0 Å². The van der Waals surface area contributed by atoms with Crippen molar-refractivity contribution in [1.82, 2.24) is 0 Å². The molecular formula is C11H16O7S2-2. The van der Waals surface area contributed by atoms with E-state index >= 15 is 0 Å². The van der Waals surface area contributed by atoms with Crippen LogP contribution < -0.4 is 0 Å². The second-order valence-electron chi connectivity index (χ2n) is 4.92. The molecule has 7 nitrogen and oxygen atoms in total.